The van der Waals surface area contributed by atoms with Crippen molar-refractivity contribution in [1.29, 1.82) is 0 Å². The van der Waals surface area contributed by atoms with Gasteiger partial charge in [-0.05, 0) is 67.8 Å². The molecule has 0 amide bonds. The van der Waals surface area contributed by atoms with Gasteiger partial charge in [0.1, 0.15) is 0 Å². The molecule has 0 bridgehead atoms. The quantitative estimate of drug-likeness (QED) is 0.874. The number of aryl methyl sites for hydroxylation is 2. The van der Waals surface area contributed by atoms with Crippen LogP contribution in [0.25, 0.3) is 0 Å². The highest BCUT2D eigenvalue weighted by molar-refractivity contribution is 9.10. The maximum atomic E-state index is 5.60. The first-order chi connectivity index (χ1) is 9.10. The van der Waals surface area contributed by atoms with Crippen LogP contribution in [0.3, 0.4) is 0 Å². The maximum absolute atomic E-state index is 5.60. The first-order valence-corrected chi connectivity index (χ1v) is 7.94. The van der Waals surface area contributed by atoms with Crippen molar-refractivity contribution >= 4 is 27.7 Å². The Morgan fingerprint density at radius 1 is 1.00 bits per heavy atom. The monoisotopic (exact) mass is 335 g/mol. The Bertz CT molecular complexity index is 581. The van der Waals surface area contributed by atoms with Gasteiger partial charge in [-0.3, -0.25) is 0 Å². The molecule has 100 valence electrons. The molecule has 2 N–H and O–H groups in total. The van der Waals surface area contributed by atoms with E-state index in [-0.39, 0.29) is 0 Å². The van der Waals surface area contributed by atoms with Gasteiger partial charge in [0.2, 0.25) is 0 Å². The zero-order chi connectivity index (χ0) is 13.8. The number of halogens is 1. The van der Waals surface area contributed by atoms with Gasteiger partial charge in [0.15, 0.2) is 0 Å². The predicted molar refractivity (Wildman–Crippen MR) is 86.9 cm³/mol. The van der Waals surface area contributed by atoms with Crippen LogP contribution < -0.4 is 5.73 Å². The maximum Gasteiger partial charge on any atom is 0.0219 e. The van der Waals surface area contributed by atoms with E-state index in [2.05, 4.69) is 66.2 Å². The van der Waals surface area contributed by atoms with E-state index in [0.29, 0.717) is 6.54 Å². The minimum Gasteiger partial charge on any atom is -0.330 e. The molecular formula is C16H18BrNS. The molecule has 0 radical (unpaired) electrons. The van der Waals surface area contributed by atoms with Gasteiger partial charge in [0.25, 0.3) is 0 Å². The van der Waals surface area contributed by atoms with Crippen LogP contribution in [0.4, 0.5) is 0 Å². The lowest BCUT2D eigenvalue weighted by Crippen LogP contribution is -2.03. The van der Waals surface area contributed by atoms with Gasteiger partial charge in [-0.1, -0.05) is 39.8 Å². The van der Waals surface area contributed by atoms with Crippen molar-refractivity contribution in [3.63, 3.8) is 0 Å². The molecule has 0 aromatic heterocycles. The molecule has 19 heavy (non-hydrogen) atoms. The Morgan fingerprint density at radius 3 is 2.32 bits per heavy atom. The number of benzene rings is 2. The van der Waals surface area contributed by atoms with Crippen LogP contribution in [-0.2, 0) is 6.42 Å². The average molecular weight is 336 g/mol. The minimum atomic E-state index is 0.683. The summed E-state index contributed by atoms with van der Waals surface area (Å²) in [7, 11) is 0. The summed E-state index contributed by atoms with van der Waals surface area (Å²) >= 11 is 5.41. The van der Waals surface area contributed by atoms with E-state index in [4.69, 9.17) is 5.73 Å². The van der Waals surface area contributed by atoms with Gasteiger partial charge < -0.3 is 5.73 Å². The van der Waals surface area contributed by atoms with Gasteiger partial charge in [-0.25, -0.2) is 0 Å². The van der Waals surface area contributed by atoms with Crippen molar-refractivity contribution < 1.29 is 0 Å². The third kappa shape index (κ3) is 3.85. The molecule has 0 aliphatic carbocycles. The molecule has 2 aromatic rings. The van der Waals surface area contributed by atoms with E-state index >= 15 is 0 Å². The van der Waals surface area contributed by atoms with Crippen LogP contribution >= 0.6 is 27.7 Å². The summed E-state index contributed by atoms with van der Waals surface area (Å²) in [5.74, 6) is 0. The number of hydrogen-bond donors (Lipinski definition) is 1. The second-order valence-electron chi connectivity index (χ2n) is 4.64. The molecule has 0 aliphatic rings. The average Bonchev–Trinajstić information content (AvgIpc) is 2.37. The van der Waals surface area contributed by atoms with E-state index in [1.807, 2.05) is 0 Å². The zero-order valence-electron chi connectivity index (χ0n) is 11.2. The molecule has 0 atom stereocenters. The van der Waals surface area contributed by atoms with E-state index in [0.717, 1.165) is 10.9 Å². The Hall–Kier alpha value is -0.770. The molecule has 0 spiro atoms. The van der Waals surface area contributed by atoms with Crippen LogP contribution in [0.15, 0.2) is 50.7 Å². The lowest BCUT2D eigenvalue weighted by molar-refractivity contribution is 0.960. The summed E-state index contributed by atoms with van der Waals surface area (Å²) in [5.41, 5.74) is 9.54. The van der Waals surface area contributed by atoms with E-state index in [1.54, 1.807) is 11.8 Å². The second-order valence-corrected chi connectivity index (χ2v) is 6.64. The molecular weight excluding hydrogens is 318 g/mol. The molecule has 0 fully saturated rings. The van der Waals surface area contributed by atoms with Crippen molar-refractivity contribution in [3.05, 3.63) is 57.6 Å². The Morgan fingerprint density at radius 2 is 1.68 bits per heavy atom. The second kappa shape index (κ2) is 6.60. The molecule has 2 rings (SSSR count). The molecule has 0 unspecified atom stereocenters. The summed E-state index contributed by atoms with van der Waals surface area (Å²) < 4.78 is 1.15. The topological polar surface area (TPSA) is 26.0 Å². The minimum absolute atomic E-state index is 0.683. The fraction of sp³-hybridized carbons (Fsp3) is 0.250. The largest absolute Gasteiger partial charge is 0.330 e. The molecule has 0 saturated carbocycles. The fourth-order valence-corrected chi connectivity index (χ4v) is 3.55. The van der Waals surface area contributed by atoms with E-state index in [9.17, 15) is 0 Å². The molecule has 1 nitrogen and oxygen atoms in total. The van der Waals surface area contributed by atoms with Gasteiger partial charge in [0.05, 0.1) is 0 Å². The van der Waals surface area contributed by atoms with Gasteiger partial charge in [-0.15, -0.1) is 0 Å². The van der Waals surface area contributed by atoms with Crippen molar-refractivity contribution in [2.24, 2.45) is 5.73 Å². The molecule has 0 heterocycles. The first-order valence-electron chi connectivity index (χ1n) is 6.34. The van der Waals surface area contributed by atoms with Crippen LogP contribution in [0, 0.1) is 13.8 Å². The van der Waals surface area contributed by atoms with Crippen LogP contribution in [-0.4, -0.2) is 6.54 Å². The predicted octanol–water partition coefficient (Wildman–Crippen LogP) is 4.72. The highest BCUT2D eigenvalue weighted by Crippen LogP contribution is 2.32. The molecule has 0 saturated heterocycles. The summed E-state index contributed by atoms with van der Waals surface area (Å²) in [6.45, 7) is 4.98. The van der Waals surface area contributed by atoms with Gasteiger partial charge in [0, 0.05) is 14.3 Å². The molecule has 3 heteroatoms. The van der Waals surface area contributed by atoms with Gasteiger partial charge in [-0.2, -0.15) is 0 Å². The summed E-state index contributed by atoms with van der Waals surface area (Å²) in [6.07, 6.45) is 0.912. The Kier molecular flexibility index (Phi) is 5.08. The molecule has 0 aliphatic heterocycles. The fourth-order valence-electron chi connectivity index (χ4n) is 1.86. The Balaban J connectivity index is 2.19. The number of rotatable bonds is 4. The lowest BCUT2D eigenvalue weighted by atomic mass is 10.1. The normalized spacial score (nSPS) is 10.7. The van der Waals surface area contributed by atoms with Crippen molar-refractivity contribution in [1.82, 2.24) is 0 Å². The van der Waals surface area contributed by atoms with E-state index in [1.165, 1.54) is 26.5 Å². The number of hydrogen-bond acceptors (Lipinski definition) is 2. The Labute approximate surface area is 127 Å². The first kappa shape index (κ1) is 14.6. The van der Waals surface area contributed by atoms with Crippen LogP contribution in [0.5, 0.6) is 0 Å². The summed E-state index contributed by atoms with van der Waals surface area (Å²) in [6, 6.07) is 13.1. The summed E-state index contributed by atoms with van der Waals surface area (Å²) in [4.78, 5) is 2.53. The highest BCUT2D eigenvalue weighted by atomic mass is 79.9. The molecule has 2 aromatic carbocycles. The summed E-state index contributed by atoms with van der Waals surface area (Å²) in [5, 5.41) is 0. The lowest BCUT2D eigenvalue weighted by Gasteiger charge is -2.08. The third-order valence-electron chi connectivity index (χ3n) is 3.15. The van der Waals surface area contributed by atoms with Crippen molar-refractivity contribution in [3.8, 4) is 0 Å². The number of nitrogens with two attached hydrogens (primary N) is 1. The SMILES string of the molecule is Cc1ccc(Sc2ccc(CCN)c(Br)c2)cc1C. The van der Waals surface area contributed by atoms with Crippen molar-refractivity contribution in [2.75, 3.05) is 6.54 Å². The van der Waals surface area contributed by atoms with Crippen LogP contribution in [0.1, 0.15) is 16.7 Å². The standard InChI is InChI=1S/C16H18BrNS/c1-11-3-5-14(9-12(11)2)19-15-6-4-13(7-8-18)16(17)10-15/h3-6,9-10H,7-8,18H2,1-2H3. The smallest absolute Gasteiger partial charge is 0.0219 e. The van der Waals surface area contributed by atoms with Gasteiger partial charge >= 0.3 is 0 Å². The van der Waals surface area contributed by atoms with E-state index < -0.39 is 0 Å². The highest BCUT2D eigenvalue weighted by Gasteiger charge is 2.03. The van der Waals surface area contributed by atoms with Crippen molar-refractivity contribution in [2.45, 2.75) is 30.1 Å². The third-order valence-corrected chi connectivity index (χ3v) is 4.87. The zero-order valence-corrected chi connectivity index (χ0v) is 13.6. The van der Waals surface area contributed by atoms with Crippen LogP contribution in [0.2, 0.25) is 0 Å².